The van der Waals surface area contributed by atoms with Gasteiger partial charge in [0.1, 0.15) is 11.3 Å². The third-order valence-electron chi connectivity index (χ3n) is 4.04. The molecule has 3 N–H and O–H groups in total. The van der Waals surface area contributed by atoms with E-state index in [4.69, 9.17) is 40.5 Å². The highest BCUT2D eigenvalue weighted by Crippen LogP contribution is 2.35. The van der Waals surface area contributed by atoms with Gasteiger partial charge in [0.15, 0.2) is 0 Å². The molecule has 4 rings (SSSR count). The number of nitrogens with two attached hydrogens (primary N) is 1. The Morgan fingerprint density at radius 3 is 2.65 bits per heavy atom. The number of aromatic nitrogens is 3. The standard InChI is InChI=1S/C18H11Cl3N4O/c19-11-4-5-13(15(21)14(11)20)25-7-6-9(8-25)18-23-12-3-1-2-10(17(22)26)16(12)24-18/h1-8H,(H2,22,26)(H,23,24). The number of amides is 1. The van der Waals surface area contributed by atoms with Gasteiger partial charge in [0.25, 0.3) is 5.91 Å². The molecule has 2 heterocycles. The Hall–Kier alpha value is -2.47. The normalized spacial score (nSPS) is 11.2. The summed E-state index contributed by atoms with van der Waals surface area (Å²) in [5, 5.41) is 1.06. The van der Waals surface area contributed by atoms with Crippen LogP contribution in [0.15, 0.2) is 48.8 Å². The Labute approximate surface area is 163 Å². The first-order valence-corrected chi connectivity index (χ1v) is 8.70. The van der Waals surface area contributed by atoms with Crippen molar-refractivity contribution in [3.05, 3.63) is 69.4 Å². The first-order valence-electron chi connectivity index (χ1n) is 7.56. The monoisotopic (exact) mass is 404 g/mol. The van der Waals surface area contributed by atoms with Gasteiger partial charge in [0, 0.05) is 18.0 Å². The lowest BCUT2D eigenvalue weighted by Gasteiger charge is -2.08. The number of H-pyrrole nitrogens is 1. The Morgan fingerprint density at radius 2 is 1.88 bits per heavy atom. The number of para-hydroxylation sites is 1. The predicted octanol–water partition coefficient (Wildman–Crippen LogP) is 5.08. The quantitative estimate of drug-likeness (QED) is 0.466. The Bertz CT molecular complexity index is 1160. The molecule has 8 heteroatoms. The number of aromatic amines is 1. The fourth-order valence-corrected chi connectivity index (χ4v) is 3.40. The third kappa shape index (κ3) is 2.74. The average molecular weight is 406 g/mol. The molecule has 0 saturated carbocycles. The summed E-state index contributed by atoms with van der Waals surface area (Å²) in [6.45, 7) is 0. The molecule has 1 amide bonds. The Kier molecular flexibility index (Phi) is 4.15. The SMILES string of the molecule is NC(=O)c1cccc2[nH]c(-c3ccn(-c4ccc(Cl)c(Cl)c4Cl)c3)nc12. The summed E-state index contributed by atoms with van der Waals surface area (Å²) in [5.41, 5.74) is 8.57. The molecule has 0 aliphatic carbocycles. The summed E-state index contributed by atoms with van der Waals surface area (Å²) in [4.78, 5) is 19.3. The number of hydrogen-bond donors (Lipinski definition) is 2. The number of primary amides is 1. The first kappa shape index (κ1) is 17.0. The molecule has 0 aliphatic rings. The highest BCUT2D eigenvalue weighted by molar-refractivity contribution is 6.48. The van der Waals surface area contributed by atoms with Crippen LogP contribution in [0, 0.1) is 0 Å². The van der Waals surface area contributed by atoms with E-state index in [1.807, 2.05) is 29.1 Å². The lowest BCUT2D eigenvalue weighted by Crippen LogP contribution is -2.11. The van der Waals surface area contributed by atoms with Crippen molar-refractivity contribution in [3.63, 3.8) is 0 Å². The fourth-order valence-electron chi connectivity index (χ4n) is 2.77. The van der Waals surface area contributed by atoms with E-state index in [0.29, 0.717) is 37.7 Å². The minimum atomic E-state index is -0.520. The maximum atomic E-state index is 11.6. The topological polar surface area (TPSA) is 76.7 Å². The average Bonchev–Trinajstić information content (AvgIpc) is 3.25. The maximum absolute atomic E-state index is 11.6. The van der Waals surface area contributed by atoms with Crippen LogP contribution in [0.25, 0.3) is 28.1 Å². The zero-order valence-corrected chi connectivity index (χ0v) is 15.4. The number of benzene rings is 2. The Morgan fingerprint density at radius 1 is 1.08 bits per heavy atom. The molecule has 26 heavy (non-hydrogen) atoms. The van der Waals surface area contributed by atoms with E-state index in [-0.39, 0.29) is 0 Å². The van der Waals surface area contributed by atoms with Gasteiger partial charge in [-0.3, -0.25) is 4.79 Å². The number of hydrogen-bond acceptors (Lipinski definition) is 2. The van der Waals surface area contributed by atoms with Crippen molar-refractivity contribution >= 4 is 51.7 Å². The predicted molar refractivity (Wildman–Crippen MR) is 104 cm³/mol. The molecule has 0 radical (unpaired) electrons. The number of carbonyl (C=O) groups excluding carboxylic acids is 1. The zero-order valence-electron chi connectivity index (χ0n) is 13.1. The van der Waals surface area contributed by atoms with Crippen LogP contribution >= 0.6 is 34.8 Å². The fraction of sp³-hybridized carbons (Fsp3) is 0. The summed E-state index contributed by atoms with van der Waals surface area (Å²) in [5.74, 6) is 0.0949. The highest BCUT2D eigenvalue weighted by Gasteiger charge is 2.14. The van der Waals surface area contributed by atoms with E-state index < -0.39 is 5.91 Å². The van der Waals surface area contributed by atoms with E-state index >= 15 is 0 Å². The highest BCUT2D eigenvalue weighted by atomic mass is 35.5. The van der Waals surface area contributed by atoms with E-state index in [9.17, 15) is 4.79 Å². The maximum Gasteiger partial charge on any atom is 0.250 e. The van der Waals surface area contributed by atoms with Crippen LogP contribution < -0.4 is 5.73 Å². The van der Waals surface area contributed by atoms with Crippen molar-refractivity contribution in [2.45, 2.75) is 0 Å². The molecular formula is C18H11Cl3N4O. The van der Waals surface area contributed by atoms with E-state index in [1.165, 1.54) is 0 Å². The second-order valence-electron chi connectivity index (χ2n) is 5.65. The van der Waals surface area contributed by atoms with Gasteiger partial charge in [-0.1, -0.05) is 40.9 Å². The number of fused-ring (bicyclic) bond motifs is 1. The number of nitrogens with one attached hydrogen (secondary N) is 1. The lowest BCUT2D eigenvalue weighted by molar-refractivity contribution is 0.100. The van der Waals surface area contributed by atoms with Crippen molar-refractivity contribution in [1.29, 1.82) is 0 Å². The zero-order chi connectivity index (χ0) is 18.4. The van der Waals surface area contributed by atoms with Gasteiger partial charge in [-0.15, -0.1) is 0 Å². The number of rotatable bonds is 3. The van der Waals surface area contributed by atoms with Crippen molar-refractivity contribution < 1.29 is 4.79 Å². The Balaban J connectivity index is 1.80. The van der Waals surface area contributed by atoms with E-state index in [1.54, 1.807) is 24.3 Å². The van der Waals surface area contributed by atoms with Gasteiger partial charge in [0.2, 0.25) is 0 Å². The molecule has 2 aromatic carbocycles. The van der Waals surface area contributed by atoms with Crippen LogP contribution in [0.1, 0.15) is 10.4 Å². The summed E-state index contributed by atoms with van der Waals surface area (Å²) < 4.78 is 1.82. The molecule has 4 aromatic rings. The third-order valence-corrected chi connectivity index (χ3v) is 5.32. The molecule has 0 bridgehead atoms. The molecule has 2 aromatic heterocycles. The van der Waals surface area contributed by atoms with Gasteiger partial charge in [0.05, 0.1) is 31.8 Å². The molecule has 0 atom stereocenters. The smallest absolute Gasteiger partial charge is 0.250 e. The van der Waals surface area contributed by atoms with Crippen LogP contribution in [0.3, 0.4) is 0 Å². The summed E-state index contributed by atoms with van der Waals surface area (Å²) in [7, 11) is 0. The lowest BCUT2D eigenvalue weighted by atomic mass is 10.2. The molecule has 0 saturated heterocycles. The number of nitrogens with zero attached hydrogens (tertiary/aromatic N) is 2. The van der Waals surface area contributed by atoms with Crippen molar-refractivity contribution in [3.8, 4) is 17.1 Å². The van der Waals surface area contributed by atoms with Crippen LogP contribution in [0.5, 0.6) is 0 Å². The molecule has 130 valence electrons. The number of halogens is 3. The van der Waals surface area contributed by atoms with Crippen LogP contribution in [0.2, 0.25) is 15.1 Å². The molecule has 0 aliphatic heterocycles. The second kappa shape index (κ2) is 6.36. The largest absolute Gasteiger partial charge is 0.366 e. The first-order chi connectivity index (χ1) is 12.5. The molecule has 0 fully saturated rings. The van der Waals surface area contributed by atoms with Gasteiger partial charge >= 0.3 is 0 Å². The second-order valence-corrected chi connectivity index (χ2v) is 6.82. The molecular weight excluding hydrogens is 395 g/mol. The van der Waals surface area contributed by atoms with Crippen LogP contribution in [-0.4, -0.2) is 20.4 Å². The minimum absolute atomic E-state index is 0.302. The number of imidazole rings is 1. The molecule has 0 unspecified atom stereocenters. The summed E-state index contributed by atoms with van der Waals surface area (Å²) in [6.07, 6.45) is 3.69. The van der Waals surface area contributed by atoms with Gasteiger partial charge in [-0.25, -0.2) is 4.98 Å². The summed E-state index contributed by atoms with van der Waals surface area (Å²) >= 11 is 18.4. The van der Waals surface area contributed by atoms with Gasteiger partial charge in [-0.2, -0.15) is 0 Å². The van der Waals surface area contributed by atoms with E-state index in [0.717, 1.165) is 11.1 Å². The van der Waals surface area contributed by atoms with Crippen LogP contribution in [0.4, 0.5) is 0 Å². The van der Waals surface area contributed by atoms with Gasteiger partial charge in [-0.05, 0) is 30.3 Å². The van der Waals surface area contributed by atoms with Crippen molar-refractivity contribution in [2.24, 2.45) is 5.73 Å². The molecule has 0 spiro atoms. The summed E-state index contributed by atoms with van der Waals surface area (Å²) in [6, 6.07) is 10.6. The van der Waals surface area contributed by atoms with Gasteiger partial charge < -0.3 is 15.3 Å². The van der Waals surface area contributed by atoms with E-state index in [2.05, 4.69) is 9.97 Å². The van der Waals surface area contributed by atoms with Crippen molar-refractivity contribution in [1.82, 2.24) is 14.5 Å². The number of carbonyl (C=O) groups is 1. The van der Waals surface area contributed by atoms with Crippen molar-refractivity contribution in [2.75, 3.05) is 0 Å². The molecule has 5 nitrogen and oxygen atoms in total. The van der Waals surface area contributed by atoms with Crippen LogP contribution in [-0.2, 0) is 0 Å². The minimum Gasteiger partial charge on any atom is -0.366 e.